The fourth-order valence-electron chi connectivity index (χ4n) is 1.06. The summed E-state index contributed by atoms with van der Waals surface area (Å²) in [5.41, 5.74) is 0.313. The summed E-state index contributed by atoms with van der Waals surface area (Å²) < 4.78 is 35.7. The summed E-state index contributed by atoms with van der Waals surface area (Å²) in [6, 6.07) is 1.29. The van der Waals surface area contributed by atoms with Gasteiger partial charge in [-0.1, -0.05) is 11.8 Å². The second-order valence-electron chi connectivity index (χ2n) is 3.22. The molecule has 96 valence electrons. The van der Waals surface area contributed by atoms with E-state index in [1.807, 2.05) is 0 Å². The number of pyridine rings is 1. The van der Waals surface area contributed by atoms with Crippen molar-refractivity contribution in [2.24, 2.45) is 0 Å². The van der Waals surface area contributed by atoms with E-state index in [0.29, 0.717) is 5.56 Å². The molecule has 0 spiro atoms. The van der Waals surface area contributed by atoms with Crippen molar-refractivity contribution >= 4 is 5.91 Å². The number of amides is 1. The maximum atomic E-state index is 11.9. The van der Waals surface area contributed by atoms with E-state index in [2.05, 4.69) is 16.8 Å². The molecule has 7 heteroatoms. The Balaban J connectivity index is 2.74. The average molecular weight is 258 g/mol. The van der Waals surface area contributed by atoms with Crippen LogP contribution in [0.2, 0.25) is 0 Å². The molecule has 0 saturated heterocycles. The number of nitrogens with one attached hydrogen (secondary N) is 1. The second-order valence-corrected chi connectivity index (χ2v) is 3.22. The summed E-state index contributed by atoms with van der Waals surface area (Å²) in [6.07, 6.45) is -1.99. The van der Waals surface area contributed by atoms with Gasteiger partial charge in [-0.3, -0.25) is 9.78 Å². The molecule has 2 N–H and O–H groups in total. The van der Waals surface area contributed by atoms with E-state index < -0.39 is 18.6 Å². The number of aliphatic hydroxyl groups is 1. The zero-order valence-electron chi connectivity index (χ0n) is 9.08. The lowest BCUT2D eigenvalue weighted by molar-refractivity contribution is -0.123. The molecule has 1 aromatic heterocycles. The van der Waals surface area contributed by atoms with Gasteiger partial charge < -0.3 is 10.4 Å². The largest absolute Gasteiger partial charge is 0.405 e. The van der Waals surface area contributed by atoms with Crippen LogP contribution in [0, 0.1) is 11.8 Å². The van der Waals surface area contributed by atoms with Gasteiger partial charge in [0.05, 0.1) is 5.56 Å². The Hall–Kier alpha value is -2.07. The van der Waals surface area contributed by atoms with Crippen molar-refractivity contribution in [3.8, 4) is 11.8 Å². The van der Waals surface area contributed by atoms with Gasteiger partial charge in [0.1, 0.15) is 13.2 Å². The summed E-state index contributed by atoms with van der Waals surface area (Å²) in [7, 11) is 0. The molecule has 0 aromatic carbocycles. The zero-order valence-corrected chi connectivity index (χ0v) is 9.08. The number of hydrogen-bond acceptors (Lipinski definition) is 3. The van der Waals surface area contributed by atoms with Crippen LogP contribution < -0.4 is 5.32 Å². The van der Waals surface area contributed by atoms with Crippen LogP contribution in [0.25, 0.3) is 0 Å². The molecule has 0 fully saturated rings. The Kier molecular flexibility index (Phi) is 4.68. The van der Waals surface area contributed by atoms with Crippen molar-refractivity contribution in [2.75, 3.05) is 13.2 Å². The molecule has 0 saturated carbocycles. The van der Waals surface area contributed by atoms with Crippen LogP contribution in [0.4, 0.5) is 13.2 Å². The lowest BCUT2D eigenvalue weighted by atomic mass is 10.2. The van der Waals surface area contributed by atoms with Crippen molar-refractivity contribution < 1.29 is 23.1 Å². The second kappa shape index (κ2) is 6.02. The first-order valence-corrected chi connectivity index (χ1v) is 4.82. The normalized spacial score (nSPS) is 10.4. The van der Waals surface area contributed by atoms with Gasteiger partial charge in [0.2, 0.25) is 0 Å². The number of carbonyl (C=O) groups excluding carboxylic acids is 1. The molecule has 1 amide bonds. The molecule has 4 nitrogen and oxygen atoms in total. The topological polar surface area (TPSA) is 62.2 Å². The van der Waals surface area contributed by atoms with Crippen LogP contribution >= 0.6 is 0 Å². The molecular formula is C11H9F3N2O2. The highest BCUT2D eigenvalue weighted by atomic mass is 19.4. The van der Waals surface area contributed by atoms with E-state index in [1.165, 1.54) is 12.3 Å². The predicted octanol–water partition coefficient (Wildman–Crippen LogP) is 0.718. The standard InChI is InChI=1S/C11H9F3N2O2/c12-11(13,14)7-16-10(18)9-4-8(2-1-3-17)5-15-6-9/h4-6,17H,3,7H2,(H,16,18). The third-order valence-corrected chi connectivity index (χ3v) is 1.76. The van der Waals surface area contributed by atoms with Crippen LogP contribution in [0.15, 0.2) is 18.5 Å². The Morgan fingerprint density at radius 2 is 2.17 bits per heavy atom. The van der Waals surface area contributed by atoms with Crippen LogP contribution in [-0.4, -0.2) is 35.3 Å². The molecule has 0 aliphatic heterocycles. The summed E-state index contributed by atoms with van der Waals surface area (Å²) >= 11 is 0. The number of carbonyl (C=O) groups is 1. The smallest absolute Gasteiger partial charge is 0.384 e. The highest BCUT2D eigenvalue weighted by Crippen LogP contribution is 2.12. The number of nitrogens with zero attached hydrogens (tertiary/aromatic N) is 1. The number of alkyl halides is 3. The third kappa shape index (κ3) is 4.84. The van der Waals surface area contributed by atoms with E-state index in [4.69, 9.17) is 5.11 Å². The molecule has 18 heavy (non-hydrogen) atoms. The molecule has 0 radical (unpaired) electrons. The van der Waals surface area contributed by atoms with Gasteiger partial charge in [-0.15, -0.1) is 0 Å². The summed E-state index contributed by atoms with van der Waals surface area (Å²) in [4.78, 5) is 15.0. The van der Waals surface area contributed by atoms with Crippen molar-refractivity contribution in [1.82, 2.24) is 10.3 Å². The number of halogens is 3. The number of aliphatic hydroxyl groups excluding tert-OH is 1. The van der Waals surface area contributed by atoms with Crippen LogP contribution in [0.5, 0.6) is 0 Å². The Bertz CT molecular complexity index is 489. The van der Waals surface area contributed by atoms with Crippen LogP contribution in [0.3, 0.4) is 0 Å². The van der Waals surface area contributed by atoms with Crippen molar-refractivity contribution in [1.29, 1.82) is 0 Å². The summed E-state index contributed by atoms with van der Waals surface area (Å²) in [5, 5.41) is 10.2. The molecular weight excluding hydrogens is 249 g/mol. The van der Waals surface area contributed by atoms with E-state index in [9.17, 15) is 18.0 Å². The van der Waals surface area contributed by atoms with Gasteiger partial charge in [0, 0.05) is 18.0 Å². The quantitative estimate of drug-likeness (QED) is 0.768. The summed E-state index contributed by atoms with van der Waals surface area (Å²) in [5.74, 6) is 3.96. The van der Waals surface area contributed by atoms with Gasteiger partial charge in [-0.05, 0) is 6.07 Å². The lowest BCUT2D eigenvalue weighted by Gasteiger charge is -2.08. The molecule has 0 aliphatic carbocycles. The Morgan fingerprint density at radius 1 is 1.44 bits per heavy atom. The maximum absolute atomic E-state index is 11.9. The first-order chi connectivity index (χ1) is 8.42. The summed E-state index contributed by atoms with van der Waals surface area (Å²) in [6.45, 7) is -1.76. The highest BCUT2D eigenvalue weighted by molar-refractivity contribution is 5.94. The van der Waals surface area contributed by atoms with Gasteiger partial charge in [0.25, 0.3) is 5.91 Å². The number of hydrogen-bond donors (Lipinski definition) is 2. The highest BCUT2D eigenvalue weighted by Gasteiger charge is 2.27. The minimum absolute atomic E-state index is 0.0241. The first kappa shape index (κ1) is 14.0. The van der Waals surface area contributed by atoms with Gasteiger partial charge in [-0.2, -0.15) is 13.2 Å². The monoisotopic (exact) mass is 258 g/mol. The minimum atomic E-state index is -4.46. The van der Waals surface area contributed by atoms with E-state index in [1.54, 1.807) is 5.32 Å². The average Bonchev–Trinajstić information content (AvgIpc) is 2.33. The molecule has 0 aliphatic rings. The molecule has 1 rings (SSSR count). The van der Waals surface area contributed by atoms with Crippen molar-refractivity contribution in [2.45, 2.75) is 6.18 Å². The Morgan fingerprint density at radius 3 is 2.78 bits per heavy atom. The maximum Gasteiger partial charge on any atom is 0.405 e. The van der Waals surface area contributed by atoms with Crippen LogP contribution in [0.1, 0.15) is 15.9 Å². The minimum Gasteiger partial charge on any atom is -0.384 e. The van der Waals surface area contributed by atoms with Crippen LogP contribution in [-0.2, 0) is 0 Å². The van der Waals surface area contributed by atoms with Gasteiger partial charge in [0.15, 0.2) is 0 Å². The lowest BCUT2D eigenvalue weighted by Crippen LogP contribution is -2.33. The van der Waals surface area contributed by atoms with E-state index >= 15 is 0 Å². The first-order valence-electron chi connectivity index (χ1n) is 4.82. The SMILES string of the molecule is O=C(NCC(F)(F)F)c1cncc(C#CCO)c1. The fourth-order valence-corrected chi connectivity index (χ4v) is 1.06. The Labute approximate surface area is 101 Å². The molecule has 0 bridgehead atoms. The van der Waals surface area contributed by atoms with Gasteiger partial charge in [-0.25, -0.2) is 0 Å². The zero-order chi connectivity index (χ0) is 13.6. The van der Waals surface area contributed by atoms with E-state index in [-0.39, 0.29) is 12.2 Å². The predicted molar refractivity (Wildman–Crippen MR) is 56.6 cm³/mol. The number of rotatable bonds is 2. The van der Waals surface area contributed by atoms with Gasteiger partial charge >= 0.3 is 6.18 Å². The van der Waals surface area contributed by atoms with Crippen molar-refractivity contribution in [3.05, 3.63) is 29.6 Å². The molecule has 1 aromatic rings. The fraction of sp³-hybridized carbons (Fsp3) is 0.273. The molecule has 1 heterocycles. The van der Waals surface area contributed by atoms with E-state index in [0.717, 1.165) is 6.20 Å². The molecule has 0 unspecified atom stereocenters. The van der Waals surface area contributed by atoms with Crippen molar-refractivity contribution in [3.63, 3.8) is 0 Å². The molecule has 0 atom stereocenters. The third-order valence-electron chi connectivity index (χ3n) is 1.76. The number of aromatic nitrogens is 1.